The van der Waals surface area contributed by atoms with Crippen molar-refractivity contribution >= 4 is 28.2 Å². The molecule has 0 spiro atoms. The van der Waals surface area contributed by atoms with Gasteiger partial charge in [0, 0.05) is 12.3 Å². The van der Waals surface area contributed by atoms with Crippen LogP contribution < -0.4 is 10.9 Å². The van der Waals surface area contributed by atoms with Crippen molar-refractivity contribution in [3.63, 3.8) is 0 Å². The van der Waals surface area contributed by atoms with E-state index in [1.54, 1.807) is 37.4 Å². The molecular weight excluding hydrogens is 392 g/mol. The second-order valence-electron chi connectivity index (χ2n) is 6.78. The van der Waals surface area contributed by atoms with Gasteiger partial charge in [0.1, 0.15) is 10.8 Å². The predicted molar refractivity (Wildman–Crippen MR) is 109 cm³/mol. The van der Waals surface area contributed by atoms with Crippen molar-refractivity contribution in [3.05, 3.63) is 74.9 Å². The molecule has 8 heteroatoms. The number of nitrogens with zero attached hydrogens (tertiary/aromatic N) is 1. The number of carbonyl (C=O) groups excluding carboxylic acids is 2. The number of anilines is 1. The van der Waals surface area contributed by atoms with Gasteiger partial charge in [0.25, 0.3) is 11.5 Å². The summed E-state index contributed by atoms with van der Waals surface area (Å²) in [6, 6.07) is 8.09. The van der Waals surface area contributed by atoms with Gasteiger partial charge in [-0.1, -0.05) is 6.07 Å². The fourth-order valence-corrected chi connectivity index (χ4v) is 4.11. The summed E-state index contributed by atoms with van der Waals surface area (Å²) in [5, 5.41) is 5.15. The first kappa shape index (κ1) is 19.2. The molecule has 1 saturated carbocycles. The van der Waals surface area contributed by atoms with Crippen LogP contribution in [-0.4, -0.2) is 23.1 Å². The topological polar surface area (TPSA) is 90.5 Å². The van der Waals surface area contributed by atoms with Crippen LogP contribution in [0.25, 0.3) is 0 Å². The van der Waals surface area contributed by atoms with Crippen molar-refractivity contribution in [1.29, 1.82) is 0 Å². The van der Waals surface area contributed by atoms with Gasteiger partial charge in [-0.25, -0.2) is 4.79 Å². The number of hydrogen-bond acceptors (Lipinski definition) is 6. The first-order valence-electron chi connectivity index (χ1n) is 9.41. The molecule has 1 fully saturated rings. The Bertz CT molecular complexity index is 1110. The molecule has 150 valence electrons. The van der Waals surface area contributed by atoms with Crippen LogP contribution in [0.2, 0.25) is 0 Å². The van der Waals surface area contributed by atoms with Crippen molar-refractivity contribution in [2.24, 2.45) is 0 Å². The summed E-state index contributed by atoms with van der Waals surface area (Å²) in [6.07, 6.45) is 3.73. The van der Waals surface area contributed by atoms with Gasteiger partial charge in [0.05, 0.1) is 18.7 Å². The largest absolute Gasteiger partial charge is 0.462 e. The highest BCUT2D eigenvalue weighted by molar-refractivity contribution is 7.15. The van der Waals surface area contributed by atoms with Crippen LogP contribution in [0.5, 0.6) is 0 Å². The normalized spacial score (nSPS) is 13.3. The van der Waals surface area contributed by atoms with E-state index < -0.39 is 11.9 Å². The van der Waals surface area contributed by atoms with E-state index in [4.69, 9.17) is 9.15 Å². The molecule has 7 nitrogen and oxygen atoms in total. The van der Waals surface area contributed by atoms with E-state index in [2.05, 4.69) is 5.32 Å². The van der Waals surface area contributed by atoms with Crippen molar-refractivity contribution in [2.75, 3.05) is 11.9 Å². The van der Waals surface area contributed by atoms with Gasteiger partial charge in [-0.05, 0) is 54.8 Å². The summed E-state index contributed by atoms with van der Waals surface area (Å²) in [5.41, 5.74) is 1.22. The zero-order valence-corrected chi connectivity index (χ0v) is 16.7. The molecule has 0 aromatic carbocycles. The first-order chi connectivity index (χ1) is 14.1. The molecule has 0 saturated heterocycles. The molecule has 1 amide bonds. The molecule has 1 N–H and O–H groups in total. The minimum atomic E-state index is -0.452. The summed E-state index contributed by atoms with van der Waals surface area (Å²) >= 11 is 1.31. The summed E-state index contributed by atoms with van der Waals surface area (Å²) in [4.78, 5) is 36.9. The number of ether oxygens (including phenoxy) is 1. The highest BCUT2D eigenvalue weighted by atomic mass is 32.1. The Hall–Kier alpha value is -3.13. The zero-order valence-electron chi connectivity index (χ0n) is 15.8. The number of rotatable bonds is 7. The van der Waals surface area contributed by atoms with Crippen LogP contribution in [-0.2, 0) is 11.3 Å². The van der Waals surface area contributed by atoms with Gasteiger partial charge >= 0.3 is 5.97 Å². The number of nitrogens with one attached hydrogen (secondary N) is 1. The molecule has 0 unspecified atom stereocenters. The molecular formula is C21H20N2O5S. The minimum absolute atomic E-state index is 0.111. The van der Waals surface area contributed by atoms with E-state index in [-0.39, 0.29) is 24.5 Å². The zero-order chi connectivity index (χ0) is 20.4. The summed E-state index contributed by atoms with van der Waals surface area (Å²) in [7, 11) is 0. The Morgan fingerprint density at radius 2 is 2.10 bits per heavy atom. The lowest BCUT2D eigenvalue weighted by Gasteiger charge is -2.07. The van der Waals surface area contributed by atoms with E-state index >= 15 is 0 Å². The molecule has 0 atom stereocenters. The Morgan fingerprint density at radius 3 is 2.83 bits per heavy atom. The summed E-state index contributed by atoms with van der Waals surface area (Å²) < 4.78 is 12.3. The van der Waals surface area contributed by atoms with E-state index in [1.807, 2.05) is 5.38 Å². The number of thiophene rings is 1. The number of furan rings is 1. The van der Waals surface area contributed by atoms with E-state index in [0.717, 1.165) is 18.4 Å². The Labute approximate surface area is 170 Å². The molecule has 0 aliphatic heterocycles. The van der Waals surface area contributed by atoms with Crippen LogP contribution in [0, 0.1) is 0 Å². The maximum atomic E-state index is 12.7. The summed E-state index contributed by atoms with van der Waals surface area (Å²) in [5.74, 6) is 0.0794. The van der Waals surface area contributed by atoms with Crippen LogP contribution in [0.1, 0.15) is 57.9 Å². The maximum absolute atomic E-state index is 12.7. The van der Waals surface area contributed by atoms with Gasteiger partial charge < -0.3 is 19.0 Å². The van der Waals surface area contributed by atoms with Crippen molar-refractivity contribution in [3.8, 4) is 0 Å². The molecule has 1 aliphatic rings. The second kappa shape index (κ2) is 8.08. The average molecular weight is 412 g/mol. The standard InChI is InChI=1S/C21H20N2O5S/c1-2-27-21(26)18-15(13-6-7-13)12-29-20(18)22-19(25)16-9-8-14(28-16)11-23-10-4-3-5-17(23)24/h3-5,8-10,12-13H,2,6-7,11H2,1H3,(H,22,25). The molecule has 0 radical (unpaired) electrons. The van der Waals surface area contributed by atoms with Gasteiger partial charge in [-0.15, -0.1) is 11.3 Å². The third-order valence-electron chi connectivity index (χ3n) is 4.65. The van der Waals surface area contributed by atoms with Gasteiger partial charge in [0.15, 0.2) is 5.76 Å². The van der Waals surface area contributed by atoms with Crippen LogP contribution >= 0.6 is 11.3 Å². The molecule has 3 heterocycles. The molecule has 29 heavy (non-hydrogen) atoms. The highest BCUT2D eigenvalue weighted by Crippen LogP contribution is 2.46. The van der Waals surface area contributed by atoms with Crippen LogP contribution in [0.4, 0.5) is 5.00 Å². The predicted octanol–water partition coefficient (Wildman–Crippen LogP) is 3.86. The molecule has 3 aromatic heterocycles. The first-order valence-corrected chi connectivity index (χ1v) is 10.3. The quantitative estimate of drug-likeness (QED) is 0.595. The Kier molecular flexibility index (Phi) is 5.35. The van der Waals surface area contributed by atoms with Crippen LogP contribution in [0.15, 0.2) is 51.1 Å². The third-order valence-corrected chi connectivity index (χ3v) is 5.57. The molecule has 3 aromatic rings. The average Bonchev–Trinajstić information content (AvgIpc) is 3.29. The number of carbonyl (C=O) groups is 2. The van der Waals surface area contributed by atoms with Gasteiger partial charge in [0.2, 0.25) is 0 Å². The molecule has 1 aliphatic carbocycles. The lowest BCUT2D eigenvalue weighted by molar-refractivity contribution is 0.0527. The number of pyridine rings is 1. The monoisotopic (exact) mass is 412 g/mol. The Balaban J connectivity index is 1.52. The second-order valence-corrected chi connectivity index (χ2v) is 7.66. The molecule has 0 bridgehead atoms. The fourth-order valence-electron chi connectivity index (χ4n) is 3.08. The third kappa shape index (κ3) is 4.17. The number of amides is 1. The van der Waals surface area contributed by atoms with E-state index in [0.29, 0.717) is 22.2 Å². The lowest BCUT2D eigenvalue weighted by atomic mass is 10.1. The Morgan fingerprint density at radius 1 is 1.28 bits per heavy atom. The number of hydrogen-bond donors (Lipinski definition) is 1. The highest BCUT2D eigenvalue weighted by Gasteiger charge is 2.32. The fraction of sp³-hybridized carbons (Fsp3) is 0.286. The number of aromatic nitrogens is 1. The van der Waals surface area contributed by atoms with Crippen molar-refractivity contribution in [2.45, 2.75) is 32.2 Å². The summed E-state index contributed by atoms with van der Waals surface area (Å²) in [6.45, 7) is 2.25. The van der Waals surface area contributed by atoms with Crippen molar-refractivity contribution in [1.82, 2.24) is 4.57 Å². The minimum Gasteiger partial charge on any atom is -0.462 e. The maximum Gasteiger partial charge on any atom is 0.341 e. The number of esters is 1. The van der Waals surface area contributed by atoms with Gasteiger partial charge in [-0.3, -0.25) is 9.59 Å². The lowest BCUT2D eigenvalue weighted by Crippen LogP contribution is -2.18. The van der Waals surface area contributed by atoms with E-state index in [9.17, 15) is 14.4 Å². The van der Waals surface area contributed by atoms with E-state index in [1.165, 1.54) is 22.0 Å². The van der Waals surface area contributed by atoms with Crippen LogP contribution in [0.3, 0.4) is 0 Å². The molecule has 4 rings (SSSR count). The SMILES string of the molecule is CCOC(=O)c1c(C2CC2)csc1NC(=O)c1ccc(Cn2ccccc2=O)o1. The smallest absolute Gasteiger partial charge is 0.341 e. The van der Waals surface area contributed by atoms with Gasteiger partial charge in [-0.2, -0.15) is 0 Å². The van der Waals surface area contributed by atoms with Crippen molar-refractivity contribution < 1.29 is 18.7 Å².